The average molecular weight is 360 g/mol. The summed E-state index contributed by atoms with van der Waals surface area (Å²) in [4.78, 5) is 16.5. The number of nitrogens with zero attached hydrogens (tertiary/aromatic N) is 3. The maximum atomic E-state index is 12.3. The van der Waals surface area contributed by atoms with Gasteiger partial charge >= 0.3 is 0 Å². The fraction of sp³-hybridized carbons (Fsp3) is 0.941. The highest BCUT2D eigenvalue weighted by Gasteiger charge is 2.33. The number of likely N-dealkylation sites (tertiary alicyclic amines) is 2. The second kappa shape index (κ2) is 8.63. The van der Waals surface area contributed by atoms with Crippen LogP contribution in [0.4, 0.5) is 0 Å². The van der Waals surface area contributed by atoms with Crippen molar-refractivity contribution in [2.45, 2.75) is 52.0 Å². The summed E-state index contributed by atoms with van der Waals surface area (Å²) < 4.78 is 26.3. The van der Waals surface area contributed by atoms with E-state index in [1.165, 1.54) is 25.5 Å². The van der Waals surface area contributed by atoms with Gasteiger partial charge in [-0.2, -0.15) is 4.31 Å². The van der Waals surface area contributed by atoms with E-state index in [1.807, 2.05) is 18.7 Å². The van der Waals surface area contributed by atoms with E-state index >= 15 is 0 Å². The maximum absolute atomic E-state index is 12.3. The van der Waals surface area contributed by atoms with Crippen LogP contribution in [-0.4, -0.2) is 80.0 Å². The first-order chi connectivity index (χ1) is 11.3. The van der Waals surface area contributed by atoms with Crippen molar-refractivity contribution in [3.8, 4) is 0 Å². The molecule has 1 atom stereocenters. The smallest absolute Gasteiger partial charge is 0.225 e. The van der Waals surface area contributed by atoms with Crippen LogP contribution in [0.25, 0.3) is 0 Å². The normalized spacial score (nSPS) is 23.9. The molecule has 7 heteroatoms. The number of carbonyl (C=O) groups is 1. The molecule has 6 nitrogen and oxygen atoms in total. The molecule has 2 aliphatic rings. The second-order valence-electron chi connectivity index (χ2n) is 7.51. The Morgan fingerprint density at radius 2 is 1.79 bits per heavy atom. The predicted molar refractivity (Wildman–Crippen MR) is 96.3 cm³/mol. The molecule has 0 saturated carbocycles. The molecule has 24 heavy (non-hydrogen) atoms. The van der Waals surface area contributed by atoms with Crippen LogP contribution in [0, 0.1) is 5.92 Å². The van der Waals surface area contributed by atoms with E-state index in [1.54, 1.807) is 4.31 Å². The Morgan fingerprint density at radius 1 is 1.12 bits per heavy atom. The molecule has 2 rings (SSSR count). The molecule has 0 bridgehead atoms. The van der Waals surface area contributed by atoms with E-state index in [9.17, 15) is 13.2 Å². The van der Waals surface area contributed by atoms with Gasteiger partial charge in [-0.1, -0.05) is 20.3 Å². The number of hydrogen-bond acceptors (Lipinski definition) is 4. The molecule has 0 aromatic carbocycles. The van der Waals surface area contributed by atoms with E-state index in [0.29, 0.717) is 13.1 Å². The largest absolute Gasteiger partial charge is 0.341 e. The number of rotatable bonds is 6. The molecule has 0 spiro atoms. The second-order valence-corrected chi connectivity index (χ2v) is 9.45. The highest BCUT2D eigenvalue weighted by atomic mass is 32.2. The minimum absolute atomic E-state index is 0.0382. The summed E-state index contributed by atoms with van der Waals surface area (Å²) in [6, 6.07) is -0.0822. The molecule has 1 amide bonds. The van der Waals surface area contributed by atoms with Gasteiger partial charge in [-0.3, -0.25) is 4.79 Å². The Labute approximate surface area is 147 Å². The molecule has 0 radical (unpaired) electrons. The van der Waals surface area contributed by atoms with Crippen LogP contribution >= 0.6 is 0 Å². The summed E-state index contributed by atoms with van der Waals surface area (Å²) >= 11 is 0. The molecule has 2 heterocycles. The number of hydrogen-bond donors (Lipinski definition) is 0. The lowest BCUT2D eigenvalue weighted by atomic mass is 10.0. The topological polar surface area (TPSA) is 60.9 Å². The number of carbonyl (C=O) groups excluding carboxylic acids is 1. The highest BCUT2D eigenvalue weighted by molar-refractivity contribution is 7.88. The van der Waals surface area contributed by atoms with Crippen LogP contribution in [0.1, 0.15) is 46.0 Å². The fourth-order valence-electron chi connectivity index (χ4n) is 3.80. The number of piperidine rings is 2. The number of sulfonamides is 1. The standard InChI is InChI=1S/C17H33N3O3S/c1-15(2)17(21)19-11-7-8-16(14-19)20(24(3,22)23)13-12-18-9-5-4-6-10-18/h15-16H,4-14H2,1-3H3. The van der Waals surface area contributed by atoms with Gasteiger partial charge in [-0.05, 0) is 38.8 Å². The molecule has 140 valence electrons. The van der Waals surface area contributed by atoms with Crippen molar-refractivity contribution in [1.29, 1.82) is 0 Å². The van der Waals surface area contributed by atoms with Crippen molar-refractivity contribution in [2.75, 3.05) is 45.5 Å². The third kappa shape index (κ3) is 5.43. The summed E-state index contributed by atoms with van der Waals surface area (Å²) in [6.45, 7) is 8.55. The van der Waals surface area contributed by atoms with Crippen LogP contribution in [0.2, 0.25) is 0 Å². The lowest BCUT2D eigenvalue weighted by Crippen LogP contribution is -2.53. The van der Waals surface area contributed by atoms with Crippen molar-refractivity contribution in [3.05, 3.63) is 0 Å². The Balaban J connectivity index is 2.00. The number of amides is 1. The first-order valence-electron chi connectivity index (χ1n) is 9.27. The molecule has 0 aromatic rings. The van der Waals surface area contributed by atoms with Crippen molar-refractivity contribution < 1.29 is 13.2 Å². The zero-order valence-corrected chi connectivity index (χ0v) is 16.2. The molecule has 0 N–H and O–H groups in total. The van der Waals surface area contributed by atoms with Crippen molar-refractivity contribution >= 4 is 15.9 Å². The van der Waals surface area contributed by atoms with Crippen LogP contribution in [0.15, 0.2) is 0 Å². The van der Waals surface area contributed by atoms with Gasteiger partial charge in [0.1, 0.15) is 0 Å². The summed E-state index contributed by atoms with van der Waals surface area (Å²) in [5.74, 6) is 0.0907. The molecule has 2 saturated heterocycles. The molecule has 1 unspecified atom stereocenters. The minimum atomic E-state index is -3.27. The first kappa shape index (κ1) is 19.7. The van der Waals surface area contributed by atoms with E-state index in [4.69, 9.17) is 0 Å². The molecule has 2 aliphatic heterocycles. The third-order valence-electron chi connectivity index (χ3n) is 5.12. The van der Waals surface area contributed by atoms with Gasteiger partial charge < -0.3 is 9.80 Å². The first-order valence-corrected chi connectivity index (χ1v) is 11.1. The quantitative estimate of drug-likeness (QED) is 0.719. The molecular weight excluding hydrogens is 326 g/mol. The average Bonchev–Trinajstić information content (AvgIpc) is 2.54. The van der Waals surface area contributed by atoms with Gasteiger partial charge in [-0.25, -0.2) is 8.42 Å². The van der Waals surface area contributed by atoms with Crippen molar-refractivity contribution in [2.24, 2.45) is 5.92 Å². The zero-order chi connectivity index (χ0) is 17.7. The van der Waals surface area contributed by atoms with E-state index in [-0.39, 0.29) is 17.9 Å². The summed E-state index contributed by atoms with van der Waals surface area (Å²) in [5, 5.41) is 0. The van der Waals surface area contributed by atoms with Gasteiger partial charge in [0.05, 0.1) is 6.26 Å². The van der Waals surface area contributed by atoms with Crippen molar-refractivity contribution in [1.82, 2.24) is 14.1 Å². The minimum Gasteiger partial charge on any atom is -0.341 e. The summed E-state index contributed by atoms with van der Waals surface area (Å²) in [5.41, 5.74) is 0. The Bertz CT molecular complexity index is 515. The van der Waals surface area contributed by atoms with Crippen LogP contribution in [0.3, 0.4) is 0 Å². The fourth-order valence-corrected chi connectivity index (χ4v) is 4.92. The molecule has 2 fully saturated rings. The van der Waals surface area contributed by atoms with Crippen molar-refractivity contribution in [3.63, 3.8) is 0 Å². The Hall–Kier alpha value is -0.660. The molecule has 0 aromatic heterocycles. The van der Waals surface area contributed by atoms with Crippen LogP contribution in [-0.2, 0) is 14.8 Å². The van der Waals surface area contributed by atoms with Gasteiger partial charge in [0.15, 0.2) is 0 Å². The molecule has 0 aliphatic carbocycles. The van der Waals surface area contributed by atoms with Gasteiger partial charge in [-0.15, -0.1) is 0 Å². The lowest BCUT2D eigenvalue weighted by molar-refractivity contribution is -0.136. The SMILES string of the molecule is CC(C)C(=O)N1CCCC(N(CCN2CCCCC2)S(C)(=O)=O)C1. The third-order valence-corrected chi connectivity index (χ3v) is 6.45. The van der Waals surface area contributed by atoms with E-state index < -0.39 is 10.0 Å². The van der Waals surface area contributed by atoms with Gasteiger partial charge in [0.2, 0.25) is 15.9 Å². The Kier molecular flexibility index (Phi) is 7.07. The Morgan fingerprint density at radius 3 is 2.38 bits per heavy atom. The maximum Gasteiger partial charge on any atom is 0.225 e. The monoisotopic (exact) mass is 359 g/mol. The van der Waals surface area contributed by atoms with Gasteiger partial charge in [0, 0.05) is 38.1 Å². The molecular formula is C17H33N3O3S. The van der Waals surface area contributed by atoms with E-state index in [2.05, 4.69) is 4.90 Å². The zero-order valence-electron chi connectivity index (χ0n) is 15.4. The summed E-state index contributed by atoms with van der Waals surface area (Å²) in [6.07, 6.45) is 6.71. The van der Waals surface area contributed by atoms with Crippen LogP contribution in [0.5, 0.6) is 0 Å². The van der Waals surface area contributed by atoms with E-state index in [0.717, 1.165) is 39.0 Å². The van der Waals surface area contributed by atoms with Gasteiger partial charge in [0.25, 0.3) is 0 Å². The lowest BCUT2D eigenvalue weighted by Gasteiger charge is -2.39. The predicted octanol–water partition coefficient (Wildman–Crippen LogP) is 1.38. The highest BCUT2D eigenvalue weighted by Crippen LogP contribution is 2.20. The van der Waals surface area contributed by atoms with Crippen LogP contribution < -0.4 is 0 Å². The summed E-state index contributed by atoms with van der Waals surface area (Å²) in [7, 11) is -3.27.